The van der Waals surface area contributed by atoms with E-state index in [1.165, 1.54) is 12.8 Å². The largest absolute Gasteiger partial charge is 0.286 e. The number of amides is 1. The summed E-state index contributed by atoms with van der Waals surface area (Å²) in [6, 6.07) is 8.70. The molecule has 2 aromatic heterocycles. The molecule has 1 N–H and O–H groups in total. The third-order valence-electron chi connectivity index (χ3n) is 5.30. The zero-order valence-corrected chi connectivity index (χ0v) is 19.3. The molecular formula is C22H22Cl3N5O. The summed E-state index contributed by atoms with van der Waals surface area (Å²) in [6.07, 6.45) is 6.05. The van der Waals surface area contributed by atoms with Gasteiger partial charge in [0.05, 0.1) is 15.7 Å². The lowest BCUT2D eigenvalue weighted by molar-refractivity contribution is 0.0788. The maximum Gasteiger partial charge on any atom is 0.286 e. The van der Waals surface area contributed by atoms with Crippen LogP contribution >= 0.6 is 34.8 Å². The van der Waals surface area contributed by atoms with Gasteiger partial charge in [0.2, 0.25) is 0 Å². The molecule has 0 unspecified atom stereocenters. The monoisotopic (exact) mass is 477 g/mol. The fourth-order valence-corrected chi connectivity index (χ4v) is 4.33. The lowest BCUT2D eigenvalue weighted by atomic mass is 10.2. The van der Waals surface area contributed by atoms with Crippen LogP contribution in [0.4, 0.5) is 0 Å². The minimum Gasteiger partial charge on any atom is -0.283 e. The van der Waals surface area contributed by atoms with Gasteiger partial charge in [-0.25, -0.2) is 15.0 Å². The van der Waals surface area contributed by atoms with Crippen molar-refractivity contribution in [3.05, 3.63) is 63.0 Å². The third-order valence-corrected chi connectivity index (χ3v) is 6.07. The number of pyridine rings is 1. The number of hydrogen-bond acceptors (Lipinski definition) is 4. The lowest BCUT2D eigenvalue weighted by Gasteiger charge is -2.20. The van der Waals surface area contributed by atoms with Crippen molar-refractivity contribution in [2.24, 2.45) is 0 Å². The van der Waals surface area contributed by atoms with Crippen molar-refractivity contribution in [3.8, 4) is 17.2 Å². The molecular weight excluding hydrogens is 457 g/mol. The van der Waals surface area contributed by atoms with Gasteiger partial charge in [-0.1, -0.05) is 47.6 Å². The van der Waals surface area contributed by atoms with Crippen LogP contribution in [0.2, 0.25) is 15.1 Å². The first-order valence-corrected chi connectivity index (χ1v) is 11.3. The van der Waals surface area contributed by atoms with Crippen LogP contribution in [0.15, 0.2) is 36.5 Å². The molecule has 1 aromatic carbocycles. The molecule has 1 saturated heterocycles. The second kappa shape index (κ2) is 9.57. The molecule has 3 heterocycles. The Morgan fingerprint density at radius 3 is 2.35 bits per heavy atom. The Kier molecular flexibility index (Phi) is 6.82. The van der Waals surface area contributed by atoms with Gasteiger partial charge < -0.3 is 0 Å². The maximum absolute atomic E-state index is 13.1. The third kappa shape index (κ3) is 4.88. The second-order valence-electron chi connectivity index (χ2n) is 7.51. The first-order chi connectivity index (χ1) is 14.9. The summed E-state index contributed by atoms with van der Waals surface area (Å²) in [7, 11) is 0. The molecule has 1 aliphatic rings. The van der Waals surface area contributed by atoms with Gasteiger partial charge in [-0.2, -0.15) is 0 Å². The number of hydrogen-bond donors (Lipinski definition) is 1. The molecule has 1 fully saturated rings. The Morgan fingerprint density at radius 2 is 1.71 bits per heavy atom. The minimum absolute atomic E-state index is 0.251. The van der Waals surface area contributed by atoms with Crippen molar-refractivity contribution < 1.29 is 4.79 Å². The van der Waals surface area contributed by atoms with Crippen LogP contribution in [-0.2, 0) is 0 Å². The molecule has 9 heteroatoms. The van der Waals surface area contributed by atoms with E-state index in [2.05, 4.69) is 15.4 Å². The van der Waals surface area contributed by atoms with E-state index in [-0.39, 0.29) is 5.91 Å². The number of benzene rings is 1. The molecule has 4 rings (SSSR count). The fourth-order valence-electron chi connectivity index (χ4n) is 3.73. The minimum atomic E-state index is -0.251. The van der Waals surface area contributed by atoms with E-state index >= 15 is 0 Å². The van der Waals surface area contributed by atoms with Crippen molar-refractivity contribution in [1.82, 2.24) is 25.0 Å². The highest BCUT2D eigenvalue weighted by Crippen LogP contribution is 2.33. The highest BCUT2D eigenvalue weighted by atomic mass is 35.5. The second-order valence-corrected chi connectivity index (χ2v) is 8.79. The van der Waals surface area contributed by atoms with Crippen LogP contribution in [0.25, 0.3) is 17.2 Å². The van der Waals surface area contributed by atoms with Gasteiger partial charge in [-0.3, -0.25) is 14.8 Å². The van der Waals surface area contributed by atoms with Crippen LogP contribution in [0.1, 0.15) is 41.9 Å². The van der Waals surface area contributed by atoms with Crippen molar-refractivity contribution in [3.63, 3.8) is 0 Å². The van der Waals surface area contributed by atoms with E-state index in [9.17, 15) is 4.79 Å². The van der Waals surface area contributed by atoms with Gasteiger partial charge in [0, 0.05) is 29.9 Å². The van der Waals surface area contributed by atoms with Crippen molar-refractivity contribution >= 4 is 40.7 Å². The summed E-state index contributed by atoms with van der Waals surface area (Å²) in [5, 5.41) is 3.45. The number of rotatable bonds is 4. The molecule has 1 amide bonds. The topological polar surface area (TPSA) is 63.1 Å². The zero-order chi connectivity index (χ0) is 22.0. The van der Waals surface area contributed by atoms with E-state index in [1.54, 1.807) is 36.5 Å². The smallest absolute Gasteiger partial charge is 0.283 e. The SMILES string of the molecule is Cc1c(C(=O)NN2CCCCCC2)nc(-c2ccc(Cl)cc2Cl)n1-c1ccc(Cl)cn1. The molecule has 0 atom stereocenters. The Hall–Kier alpha value is -2.12. The molecule has 1 aliphatic heterocycles. The first-order valence-electron chi connectivity index (χ1n) is 10.2. The number of nitrogens with zero attached hydrogens (tertiary/aromatic N) is 4. The summed E-state index contributed by atoms with van der Waals surface area (Å²) in [5.74, 6) is 0.845. The molecule has 3 aromatic rings. The number of imidazole rings is 1. The van der Waals surface area contributed by atoms with Crippen molar-refractivity contribution in [2.45, 2.75) is 32.6 Å². The number of aromatic nitrogens is 3. The summed E-state index contributed by atoms with van der Waals surface area (Å²) in [5.41, 5.74) is 4.64. The number of hydrazine groups is 1. The van der Waals surface area contributed by atoms with Gasteiger partial charge in [0.25, 0.3) is 5.91 Å². The maximum atomic E-state index is 13.1. The van der Waals surface area contributed by atoms with Crippen molar-refractivity contribution in [2.75, 3.05) is 13.1 Å². The first kappa shape index (κ1) is 22.1. The van der Waals surface area contributed by atoms with Crippen LogP contribution in [-0.4, -0.2) is 38.5 Å². The predicted octanol–water partition coefficient (Wildman–Crippen LogP) is 5.72. The zero-order valence-electron chi connectivity index (χ0n) is 17.0. The predicted molar refractivity (Wildman–Crippen MR) is 124 cm³/mol. The summed E-state index contributed by atoms with van der Waals surface area (Å²) < 4.78 is 1.81. The fraction of sp³-hybridized carbons (Fsp3) is 0.318. The quantitative estimate of drug-likeness (QED) is 0.520. The Balaban J connectivity index is 1.78. The Morgan fingerprint density at radius 1 is 1.00 bits per heavy atom. The van der Waals surface area contributed by atoms with Crippen molar-refractivity contribution in [1.29, 1.82) is 0 Å². The van der Waals surface area contributed by atoms with Crippen LogP contribution in [0, 0.1) is 6.92 Å². The Bertz CT molecular complexity index is 1090. The standard InChI is InChI=1S/C22H22Cl3N5O/c1-14-20(22(31)28-29-10-4-2-3-5-11-29)27-21(17-8-6-15(23)12-18(17)25)30(14)19-9-7-16(24)13-26-19/h6-9,12-13H,2-5,10-11H2,1H3,(H,28,31). The number of carbonyl (C=O) groups excluding carboxylic acids is 1. The van der Waals surface area contributed by atoms with E-state index in [0.29, 0.717) is 43.7 Å². The average Bonchev–Trinajstić information content (AvgIpc) is 2.89. The van der Waals surface area contributed by atoms with E-state index < -0.39 is 0 Å². The molecule has 0 spiro atoms. The Labute approximate surface area is 196 Å². The molecule has 0 radical (unpaired) electrons. The molecule has 31 heavy (non-hydrogen) atoms. The van der Waals surface area contributed by atoms with Gasteiger partial charge in [0.15, 0.2) is 5.69 Å². The van der Waals surface area contributed by atoms with Crippen LogP contribution in [0.3, 0.4) is 0 Å². The van der Waals surface area contributed by atoms with Crippen LogP contribution in [0.5, 0.6) is 0 Å². The van der Waals surface area contributed by atoms with Crippen LogP contribution < -0.4 is 5.43 Å². The average molecular weight is 479 g/mol. The van der Waals surface area contributed by atoms with Gasteiger partial charge in [-0.05, 0) is 50.1 Å². The normalized spacial score (nSPS) is 15.0. The molecule has 0 bridgehead atoms. The molecule has 162 valence electrons. The molecule has 0 saturated carbocycles. The van der Waals surface area contributed by atoms with E-state index in [0.717, 1.165) is 25.9 Å². The highest BCUT2D eigenvalue weighted by molar-refractivity contribution is 6.36. The number of carbonyl (C=O) groups is 1. The molecule has 6 nitrogen and oxygen atoms in total. The highest BCUT2D eigenvalue weighted by Gasteiger charge is 2.25. The van der Waals surface area contributed by atoms with Gasteiger partial charge >= 0.3 is 0 Å². The van der Waals surface area contributed by atoms with Gasteiger partial charge in [0.1, 0.15) is 11.6 Å². The number of nitrogens with one attached hydrogen (secondary N) is 1. The summed E-state index contributed by atoms with van der Waals surface area (Å²) in [4.78, 5) is 22.2. The van der Waals surface area contributed by atoms with Gasteiger partial charge in [-0.15, -0.1) is 0 Å². The van der Waals surface area contributed by atoms with E-state index in [4.69, 9.17) is 34.8 Å². The van der Waals surface area contributed by atoms with E-state index in [1.807, 2.05) is 16.5 Å². The lowest BCUT2D eigenvalue weighted by Crippen LogP contribution is -2.43. The molecule has 0 aliphatic carbocycles. The number of halogens is 3. The summed E-state index contributed by atoms with van der Waals surface area (Å²) in [6.45, 7) is 3.51. The summed E-state index contributed by atoms with van der Waals surface area (Å²) >= 11 is 18.6.